The number of nitrogens with one attached hydrogen (secondary N) is 1. The molecule has 21 heavy (non-hydrogen) atoms. The molecule has 2 aromatic carbocycles. The summed E-state index contributed by atoms with van der Waals surface area (Å²) >= 11 is 3.63. The Labute approximate surface area is 133 Å². The summed E-state index contributed by atoms with van der Waals surface area (Å²) in [6, 6.07) is 13.6. The van der Waals surface area contributed by atoms with Gasteiger partial charge in [0.15, 0.2) is 0 Å². The van der Waals surface area contributed by atoms with E-state index in [0.717, 1.165) is 22.4 Å². The molecule has 0 atom stereocenters. The number of nitrogens with zero attached hydrogens (tertiary/aromatic N) is 1. The highest BCUT2D eigenvalue weighted by Gasteiger charge is 2.20. The van der Waals surface area contributed by atoms with Crippen LogP contribution in [0.1, 0.15) is 18.4 Å². The van der Waals surface area contributed by atoms with E-state index in [9.17, 15) is 4.39 Å². The van der Waals surface area contributed by atoms with Crippen molar-refractivity contribution in [2.75, 3.05) is 11.9 Å². The zero-order chi connectivity index (χ0) is 14.8. The van der Waals surface area contributed by atoms with Crippen molar-refractivity contribution in [3.05, 3.63) is 58.3 Å². The minimum atomic E-state index is -0.219. The molecule has 1 aliphatic rings. The van der Waals surface area contributed by atoms with Crippen LogP contribution >= 0.6 is 15.9 Å². The number of anilines is 2. The molecule has 0 saturated heterocycles. The zero-order valence-corrected chi connectivity index (χ0v) is 13.5. The van der Waals surface area contributed by atoms with Crippen molar-refractivity contribution in [2.24, 2.45) is 0 Å². The Balaban J connectivity index is 1.76. The first-order valence-electron chi connectivity index (χ1n) is 7.14. The number of halogens is 2. The average Bonchev–Trinajstić information content (AvgIpc) is 3.29. The van der Waals surface area contributed by atoms with E-state index in [1.54, 1.807) is 6.07 Å². The SMILES string of the molecule is CN(c1cccc(F)c1)c1ccc(CNC2CC2)c(Br)c1. The maximum atomic E-state index is 13.3. The van der Waals surface area contributed by atoms with Crippen LogP contribution in [0.2, 0.25) is 0 Å². The maximum absolute atomic E-state index is 13.3. The summed E-state index contributed by atoms with van der Waals surface area (Å²) in [6.07, 6.45) is 2.58. The van der Waals surface area contributed by atoms with Crippen molar-refractivity contribution in [3.8, 4) is 0 Å². The highest BCUT2D eigenvalue weighted by molar-refractivity contribution is 9.10. The molecule has 3 rings (SSSR count). The second kappa shape index (κ2) is 6.16. The third-order valence-corrected chi connectivity index (χ3v) is 4.52. The first-order valence-corrected chi connectivity index (χ1v) is 7.94. The molecule has 1 fully saturated rings. The number of hydrogen-bond acceptors (Lipinski definition) is 2. The van der Waals surface area contributed by atoms with E-state index in [-0.39, 0.29) is 5.82 Å². The minimum absolute atomic E-state index is 0.219. The van der Waals surface area contributed by atoms with E-state index in [2.05, 4.69) is 39.4 Å². The summed E-state index contributed by atoms with van der Waals surface area (Å²) in [5, 5.41) is 3.51. The molecule has 2 nitrogen and oxygen atoms in total. The van der Waals surface area contributed by atoms with E-state index in [4.69, 9.17) is 0 Å². The molecule has 0 aromatic heterocycles. The summed E-state index contributed by atoms with van der Waals surface area (Å²) in [6.45, 7) is 0.884. The predicted octanol–water partition coefficient (Wildman–Crippen LogP) is 4.61. The maximum Gasteiger partial charge on any atom is 0.125 e. The number of hydrogen-bond donors (Lipinski definition) is 1. The Morgan fingerprint density at radius 2 is 1.95 bits per heavy atom. The van der Waals surface area contributed by atoms with Gasteiger partial charge in [-0.25, -0.2) is 4.39 Å². The van der Waals surface area contributed by atoms with Gasteiger partial charge in [0.1, 0.15) is 5.82 Å². The zero-order valence-electron chi connectivity index (χ0n) is 11.9. The molecule has 0 unspecified atom stereocenters. The monoisotopic (exact) mass is 348 g/mol. The summed E-state index contributed by atoms with van der Waals surface area (Å²) in [5.41, 5.74) is 3.12. The van der Waals surface area contributed by atoms with Crippen LogP contribution in [0.5, 0.6) is 0 Å². The van der Waals surface area contributed by atoms with E-state index in [0.29, 0.717) is 6.04 Å². The lowest BCUT2D eigenvalue weighted by molar-refractivity contribution is 0.628. The van der Waals surface area contributed by atoms with Gasteiger partial charge in [-0.3, -0.25) is 0 Å². The van der Waals surface area contributed by atoms with E-state index < -0.39 is 0 Å². The van der Waals surface area contributed by atoms with Crippen molar-refractivity contribution in [2.45, 2.75) is 25.4 Å². The van der Waals surface area contributed by atoms with Crippen molar-refractivity contribution >= 4 is 27.3 Å². The van der Waals surface area contributed by atoms with Gasteiger partial charge in [0.05, 0.1) is 0 Å². The van der Waals surface area contributed by atoms with E-state index >= 15 is 0 Å². The van der Waals surface area contributed by atoms with Gasteiger partial charge < -0.3 is 10.2 Å². The highest BCUT2D eigenvalue weighted by Crippen LogP contribution is 2.29. The number of benzene rings is 2. The van der Waals surface area contributed by atoms with Gasteiger partial charge in [0, 0.05) is 35.5 Å². The van der Waals surface area contributed by atoms with Crippen LogP contribution in [0.15, 0.2) is 46.9 Å². The molecule has 0 spiro atoms. The van der Waals surface area contributed by atoms with Crippen LogP contribution in [0, 0.1) is 5.82 Å². The van der Waals surface area contributed by atoms with Gasteiger partial charge >= 0.3 is 0 Å². The molecule has 0 heterocycles. The third-order valence-electron chi connectivity index (χ3n) is 3.78. The van der Waals surface area contributed by atoms with Crippen LogP contribution in [0.4, 0.5) is 15.8 Å². The molecule has 0 bridgehead atoms. The number of rotatable bonds is 5. The lowest BCUT2D eigenvalue weighted by Crippen LogP contribution is -2.16. The first-order chi connectivity index (χ1) is 10.1. The van der Waals surface area contributed by atoms with Crippen LogP contribution in [-0.2, 0) is 6.54 Å². The summed E-state index contributed by atoms with van der Waals surface area (Å²) in [4.78, 5) is 1.98. The predicted molar refractivity (Wildman–Crippen MR) is 88.5 cm³/mol. The van der Waals surface area contributed by atoms with Gasteiger partial charge in [-0.15, -0.1) is 0 Å². The molecule has 0 radical (unpaired) electrons. The minimum Gasteiger partial charge on any atom is -0.345 e. The Hall–Kier alpha value is -1.39. The fourth-order valence-electron chi connectivity index (χ4n) is 2.26. The van der Waals surface area contributed by atoms with Crippen molar-refractivity contribution < 1.29 is 4.39 Å². The van der Waals surface area contributed by atoms with Crippen LogP contribution in [0.3, 0.4) is 0 Å². The molecule has 1 aliphatic carbocycles. The third kappa shape index (κ3) is 3.63. The van der Waals surface area contributed by atoms with Crippen LogP contribution in [-0.4, -0.2) is 13.1 Å². The molecule has 2 aromatic rings. The van der Waals surface area contributed by atoms with Gasteiger partial charge in [0.2, 0.25) is 0 Å². The van der Waals surface area contributed by atoms with Crippen LogP contribution < -0.4 is 10.2 Å². The van der Waals surface area contributed by atoms with E-state index in [1.165, 1.54) is 30.5 Å². The lowest BCUT2D eigenvalue weighted by atomic mass is 10.2. The Kier molecular flexibility index (Phi) is 4.27. The summed E-state index contributed by atoms with van der Waals surface area (Å²) < 4.78 is 14.4. The summed E-state index contributed by atoms with van der Waals surface area (Å²) in [5.74, 6) is -0.219. The second-order valence-electron chi connectivity index (χ2n) is 5.47. The van der Waals surface area contributed by atoms with Crippen LogP contribution in [0.25, 0.3) is 0 Å². The van der Waals surface area contributed by atoms with Crippen molar-refractivity contribution in [1.82, 2.24) is 5.32 Å². The fraction of sp³-hybridized carbons (Fsp3) is 0.294. The van der Waals surface area contributed by atoms with Crippen molar-refractivity contribution in [1.29, 1.82) is 0 Å². The van der Waals surface area contributed by atoms with Gasteiger partial charge in [0.25, 0.3) is 0 Å². The van der Waals surface area contributed by atoms with Gasteiger partial charge in [-0.2, -0.15) is 0 Å². The lowest BCUT2D eigenvalue weighted by Gasteiger charge is -2.20. The Morgan fingerprint density at radius 1 is 1.19 bits per heavy atom. The molecule has 110 valence electrons. The fourth-order valence-corrected chi connectivity index (χ4v) is 2.77. The first kappa shape index (κ1) is 14.5. The normalized spacial score (nSPS) is 14.2. The largest absolute Gasteiger partial charge is 0.345 e. The average molecular weight is 349 g/mol. The smallest absolute Gasteiger partial charge is 0.125 e. The molecule has 0 aliphatic heterocycles. The molecule has 4 heteroatoms. The summed E-state index contributed by atoms with van der Waals surface area (Å²) in [7, 11) is 1.94. The Bertz CT molecular complexity index is 640. The van der Waals surface area contributed by atoms with Gasteiger partial charge in [-0.05, 0) is 48.7 Å². The van der Waals surface area contributed by atoms with Gasteiger partial charge in [-0.1, -0.05) is 28.1 Å². The van der Waals surface area contributed by atoms with Crippen molar-refractivity contribution in [3.63, 3.8) is 0 Å². The molecule has 1 saturated carbocycles. The standard InChI is InChI=1S/C17H18BrFN2/c1-21(15-4-2-3-13(19)9-15)16-8-5-12(17(18)10-16)11-20-14-6-7-14/h2-5,8-10,14,20H,6-7,11H2,1H3. The Morgan fingerprint density at radius 3 is 2.62 bits per heavy atom. The quantitative estimate of drug-likeness (QED) is 0.848. The second-order valence-corrected chi connectivity index (χ2v) is 6.32. The molecule has 1 N–H and O–H groups in total. The topological polar surface area (TPSA) is 15.3 Å². The molecular formula is C17H18BrFN2. The highest BCUT2D eigenvalue weighted by atomic mass is 79.9. The molecule has 0 amide bonds. The van der Waals surface area contributed by atoms with E-state index in [1.807, 2.05) is 18.0 Å². The molecular weight excluding hydrogens is 331 g/mol.